The highest BCUT2D eigenvalue weighted by molar-refractivity contribution is 5.78. The molecule has 3 heteroatoms. The standard InChI is InChI=1S/C12H26N2O/c1-6-10(7-2)12(9(3)4)14-11(15)8-13-5/h9-10,12-13H,6-8H2,1-5H3,(H,14,15)/t12-/m1/s1. The van der Waals surface area contributed by atoms with Crippen molar-refractivity contribution >= 4 is 5.91 Å². The fraction of sp³-hybridized carbons (Fsp3) is 0.917. The summed E-state index contributed by atoms with van der Waals surface area (Å²) in [6.07, 6.45) is 2.25. The van der Waals surface area contributed by atoms with E-state index in [-0.39, 0.29) is 5.91 Å². The maximum atomic E-state index is 11.5. The highest BCUT2D eigenvalue weighted by atomic mass is 16.1. The minimum absolute atomic E-state index is 0.100. The molecule has 0 aliphatic heterocycles. The number of hydrogen-bond donors (Lipinski definition) is 2. The van der Waals surface area contributed by atoms with E-state index in [0.717, 1.165) is 12.8 Å². The van der Waals surface area contributed by atoms with E-state index in [4.69, 9.17) is 0 Å². The van der Waals surface area contributed by atoms with Crippen molar-refractivity contribution in [2.75, 3.05) is 13.6 Å². The van der Waals surface area contributed by atoms with Crippen LogP contribution in [0.25, 0.3) is 0 Å². The number of nitrogens with one attached hydrogen (secondary N) is 2. The molecule has 15 heavy (non-hydrogen) atoms. The molecule has 0 saturated carbocycles. The Labute approximate surface area is 94.0 Å². The van der Waals surface area contributed by atoms with Gasteiger partial charge in [-0.3, -0.25) is 4.79 Å². The number of hydrogen-bond acceptors (Lipinski definition) is 2. The average Bonchev–Trinajstić information content (AvgIpc) is 2.18. The second-order valence-corrected chi connectivity index (χ2v) is 4.44. The molecule has 3 nitrogen and oxygen atoms in total. The first-order valence-corrected chi connectivity index (χ1v) is 6.00. The number of carbonyl (C=O) groups excluding carboxylic acids is 1. The van der Waals surface area contributed by atoms with Gasteiger partial charge < -0.3 is 10.6 Å². The fourth-order valence-electron chi connectivity index (χ4n) is 2.02. The zero-order chi connectivity index (χ0) is 11.8. The molecule has 0 spiro atoms. The third-order valence-corrected chi connectivity index (χ3v) is 2.94. The number of carbonyl (C=O) groups is 1. The van der Waals surface area contributed by atoms with Crippen LogP contribution in [0.3, 0.4) is 0 Å². The molecule has 0 rings (SSSR count). The fourth-order valence-corrected chi connectivity index (χ4v) is 2.02. The average molecular weight is 214 g/mol. The van der Waals surface area contributed by atoms with Crippen LogP contribution in [0.1, 0.15) is 40.5 Å². The molecule has 0 aliphatic carbocycles. The molecule has 0 saturated heterocycles. The van der Waals surface area contributed by atoms with E-state index >= 15 is 0 Å². The number of amides is 1. The Morgan fingerprint density at radius 2 is 1.73 bits per heavy atom. The van der Waals surface area contributed by atoms with Gasteiger partial charge in [0.05, 0.1) is 6.54 Å². The second kappa shape index (κ2) is 7.69. The summed E-state index contributed by atoms with van der Waals surface area (Å²) in [5.74, 6) is 1.18. The zero-order valence-electron chi connectivity index (χ0n) is 10.8. The summed E-state index contributed by atoms with van der Waals surface area (Å²) in [6, 6.07) is 0.306. The summed E-state index contributed by atoms with van der Waals surface area (Å²) in [5.41, 5.74) is 0. The van der Waals surface area contributed by atoms with E-state index in [1.165, 1.54) is 0 Å². The van der Waals surface area contributed by atoms with Crippen LogP contribution >= 0.6 is 0 Å². The van der Waals surface area contributed by atoms with Gasteiger partial charge >= 0.3 is 0 Å². The van der Waals surface area contributed by atoms with Crippen molar-refractivity contribution in [1.82, 2.24) is 10.6 Å². The molecule has 0 aromatic rings. The Balaban J connectivity index is 4.32. The monoisotopic (exact) mass is 214 g/mol. The van der Waals surface area contributed by atoms with Crippen molar-refractivity contribution < 1.29 is 4.79 Å². The lowest BCUT2D eigenvalue weighted by Crippen LogP contribution is -2.46. The lowest BCUT2D eigenvalue weighted by atomic mass is 9.86. The predicted octanol–water partition coefficient (Wildman–Crippen LogP) is 1.78. The quantitative estimate of drug-likeness (QED) is 0.678. The molecule has 2 N–H and O–H groups in total. The molecule has 0 bridgehead atoms. The van der Waals surface area contributed by atoms with Gasteiger partial charge in [-0.15, -0.1) is 0 Å². The molecule has 0 heterocycles. The van der Waals surface area contributed by atoms with Crippen molar-refractivity contribution in [3.63, 3.8) is 0 Å². The van der Waals surface area contributed by atoms with E-state index in [2.05, 4.69) is 38.3 Å². The Kier molecular flexibility index (Phi) is 7.39. The van der Waals surface area contributed by atoms with Gasteiger partial charge in [-0.25, -0.2) is 0 Å². The van der Waals surface area contributed by atoms with Gasteiger partial charge in [0.2, 0.25) is 5.91 Å². The Morgan fingerprint density at radius 3 is 2.07 bits per heavy atom. The van der Waals surface area contributed by atoms with Crippen LogP contribution in [0.15, 0.2) is 0 Å². The lowest BCUT2D eigenvalue weighted by molar-refractivity contribution is -0.121. The van der Waals surface area contributed by atoms with Crippen LogP contribution in [0.2, 0.25) is 0 Å². The largest absolute Gasteiger partial charge is 0.352 e. The molecular weight excluding hydrogens is 188 g/mol. The van der Waals surface area contributed by atoms with Gasteiger partial charge in [0, 0.05) is 6.04 Å². The lowest BCUT2D eigenvalue weighted by Gasteiger charge is -2.29. The first kappa shape index (κ1) is 14.4. The first-order valence-electron chi connectivity index (χ1n) is 6.00. The number of rotatable bonds is 7. The summed E-state index contributed by atoms with van der Waals surface area (Å²) in [7, 11) is 1.79. The summed E-state index contributed by atoms with van der Waals surface area (Å²) in [6.45, 7) is 9.12. The molecule has 0 fully saturated rings. The van der Waals surface area contributed by atoms with Gasteiger partial charge in [-0.1, -0.05) is 40.5 Å². The van der Waals surface area contributed by atoms with Crippen molar-refractivity contribution in [3.8, 4) is 0 Å². The molecule has 0 unspecified atom stereocenters. The highest BCUT2D eigenvalue weighted by Gasteiger charge is 2.23. The van der Waals surface area contributed by atoms with Crippen LogP contribution in [-0.4, -0.2) is 25.5 Å². The van der Waals surface area contributed by atoms with Gasteiger partial charge in [0.15, 0.2) is 0 Å². The van der Waals surface area contributed by atoms with Crippen LogP contribution in [0.4, 0.5) is 0 Å². The van der Waals surface area contributed by atoms with E-state index in [9.17, 15) is 4.79 Å². The molecule has 0 aromatic carbocycles. The van der Waals surface area contributed by atoms with E-state index < -0.39 is 0 Å². The Bertz CT molecular complexity index is 176. The number of likely N-dealkylation sites (N-methyl/N-ethyl adjacent to an activating group) is 1. The van der Waals surface area contributed by atoms with Gasteiger partial charge in [-0.2, -0.15) is 0 Å². The minimum atomic E-state index is 0.100. The maximum absolute atomic E-state index is 11.5. The van der Waals surface area contributed by atoms with Gasteiger partial charge in [-0.05, 0) is 18.9 Å². The van der Waals surface area contributed by atoms with Gasteiger partial charge in [0.1, 0.15) is 0 Å². The zero-order valence-corrected chi connectivity index (χ0v) is 10.8. The molecule has 0 radical (unpaired) electrons. The second-order valence-electron chi connectivity index (χ2n) is 4.44. The molecule has 1 amide bonds. The molecular formula is C12H26N2O. The molecule has 1 atom stereocenters. The highest BCUT2D eigenvalue weighted by Crippen LogP contribution is 2.19. The maximum Gasteiger partial charge on any atom is 0.234 e. The topological polar surface area (TPSA) is 41.1 Å². The summed E-state index contributed by atoms with van der Waals surface area (Å²) < 4.78 is 0. The van der Waals surface area contributed by atoms with Crippen LogP contribution in [0, 0.1) is 11.8 Å². The predicted molar refractivity (Wildman–Crippen MR) is 64.8 cm³/mol. The molecule has 0 aliphatic rings. The first-order chi connectivity index (χ1) is 7.06. The van der Waals surface area contributed by atoms with Crippen molar-refractivity contribution in [2.45, 2.75) is 46.6 Å². The van der Waals surface area contributed by atoms with Gasteiger partial charge in [0.25, 0.3) is 0 Å². The van der Waals surface area contributed by atoms with Crippen molar-refractivity contribution in [1.29, 1.82) is 0 Å². The summed E-state index contributed by atoms with van der Waals surface area (Å²) >= 11 is 0. The Morgan fingerprint density at radius 1 is 1.20 bits per heavy atom. The third-order valence-electron chi connectivity index (χ3n) is 2.94. The van der Waals surface area contributed by atoms with Crippen molar-refractivity contribution in [3.05, 3.63) is 0 Å². The van der Waals surface area contributed by atoms with Crippen LogP contribution in [-0.2, 0) is 4.79 Å². The van der Waals surface area contributed by atoms with Crippen LogP contribution in [0.5, 0.6) is 0 Å². The minimum Gasteiger partial charge on any atom is -0.352 e. The molecule has 0 aromatic heterocycles. The van der Waals surface area contributed by atoms with E-state index in [1.807, 2.05) is 0 Å². The summed E-state index contributed by atoms with van der Waals surface area (Å²) in [4.78, 5) is 11.5. The normalized spacial score (nSPS) is 13.3. The SMILES string of the molecule is CCC(CC)[C@H](NC(=O)CNC)C(C)C. The Hall–Kier alpha value is -0.570. The van der Waals surface area contributed by atoms with Crippen molar-refractivity contribution in [2.24, 2.45) is 11.8 Å². The van der Waals surface area contributed by atoms with Crippen LogP contribution < -0.4 is 10.6 Å². The summed E-state index contributed by atoms with van der Waals surface area (Å²) in [5, 5.41) is 5.99. The smallest absolute Gasteiger partial charge is 0.234 e. The van der Waals surface area contributed by atoms with E-state index in [0.29, 0.717) is 24.4 Å². The molecule has 90 valence electrons. The van der Waals surface area contributed by atoms with E-state index in [1.54, 1.807) is 7.05 Å². The third kappa shape index (κ3) is 5.17.